The summed E-state index contributed by atoms with van der Waals surface area (Å²) in [6.07, 6.45) is 0.381. The number of allylic oxidation sites excluding steroid dienone is 2. The average Bonchev–Trinajstić information content (AvgIpc) is 3.23. The Morgan fingerprint density at radius 2 is 1.77 bits per heavy atom. The molecule has 1 aromatic heterocycles. The van der Waals surface area contributed by atoms with E-state index in [9.17, 15) is 18.0 Å². The molecule has 200 valence electrons. The van der Waals surface area contributed by atoms with Crippen molar-refractivity contribution in [3.63, 3.8) is 0 Å². The van der Waals surface area contributed by atoms with E-state index in [1.807, 2.05) is 48.5 Å². The molecular weight excluding hydrogens is 503 g/mol. The fourth-order valence-corrected chi connectivity index (χ4v) is 5.00. The van der Waals surface area contributed by atoms with E-state index in [0.29, 0.717) is 29.3 Å². The van der Waals surface area contributed by atoms with Crippen molar-refractivity contribution in [3.8, 4) is 11.4 Å². The lowest BCUT2D eigenvalue weighted by atomic mass is 9.94. The fourth-order valence-electron chi connectivity index (χ4n) is 5.00. The molecule has 5 nitrogen and oxygen atoms in total. The zero-order valence-corrected chi connectivity index (χ0v) is 21.4. The van der Waals surface area contributed by atoms with E-state index in [0.717, 1.165) is 59.4 Å². The highest BCUT2D eigenvalue weighted by Crippen LogP contribution is 2.33. The standard InChI is InChI=1S/C31H28F3N3O2/c1-19-13-24(9-11-26(14-19)35-18-21-4-2-3-20(15-21)16-29(38)39)22-5-7-23(8-6-22)30-36-27-12-10-25(31(32,33)34)17-28(27)37-30/h2-10,12,15,17,19H,11,13-14,16,18H2,1H3,(H,36,37)(H,38,39). The number of hydrogen-bond donors (Lipinski definition) is 2. The Bertz CT molecular complexity index is 1570. The summed E-state index contributed by atoms with van der Waals surface area (Å²) in [4.78, 5) is 23.3. The van der Waals surface area contributed by atoms with Gasteiger partial charge in [0.1, 0.15) is 5.82 Å². The molecule has 0 saturated heterocycles. The summed E-state index contributed by atoms with van der Waals surface area (Å²) in [5.41, 5.74) is 6.17. The van der Waals surface area contributed by atoms with Crippen molar-refractivity contribution in [2.24, 2.45) is 10.9 Å². The number of benzene rings is 3. The second kappa shape index (κ2) is 10.9. The van der Waals surface area contributed by atoms with Crippen LogP contribution in [-0.2, 0) is 23.9 Å². The summed E-state index contributed by atoms with van der Waals surface area (Å²) >= 11 is 0. The van der Waals surface area contributed by atoms with Crippen LogP contribution in [0.5, 0.6) is 0 Å². The normalized spacial score (nSPS) is 17.3. The van der Waals surface area contributed by atoms with E-state index in [-0.39, 0.29) is 6.42 Å². The molecule has 0 aliphatic heterocycles. The molecule has 1 unspecified atom stereocenters. The van der Waals surface area contributed by atoms with Crippen LogP contribution >= 0.6 is 0 Å². The van der Waals surface area contributed by atoms with Crippen LogP contribution in [-0.4, -0.2) is 26.8 Å². The monoisotopic (exact) mass is 531 g/mol. The minimum absolute atomic E-state index is 0.00165. The van der Waals surface area contributed by atoms with E-state index < -0.39 is 17.7 Å². The number of carboxylic acid groups (broad SMARTS) is 1. The Balaban J connectivity index is 1.30. The Labute approximate surface area is 224 Å². The molecule has 0 amide bonds. The summed E-state index contributed by atoms with van der Waals surface area (Å²) in [6, 6.07) is 19.0. The second-order valence-electron chi connectivity index (χ2n) is 10.1. The van der Waals surface area contributed by atoms with Crippen LogP contribution in [0.2, 0.25) is 0 Å². The molecule has 8 heteroatoms. The zero-order valence-electron chi connectivity index (χ0n) is 21.4. The molecule has 1 heterocycles. The number of halogens is 3. The van der Waals surface area contributed by atoms with Crippen molar-refractivity contribution < 1.29 is 23.1 Å². The Morgan fingerprint density at radius 1 is 1.03 bits per heavy atom. The third kappa shape index (κ3) is 6.45. The number of carbonyl (C=O) groups is 1. The van der Waals surface area contributed by atoms with Crippen molar-refractivity contribution >= 4 is 28.3 Å². The van der Waals surface area contributed by atoms with Crippen molar-refractivity contribution in [1.82, 2.24) is 9.97 Å². The van der Waals surface area contributed by atoms with Gasteiger partial charge in [-0.3, -0.25) is 9.79 Å². The lowest BCUT2D eigenvalue weighted by molar-refractivity contribution is -0.138. The number of nitrogens with one attached hydrogen (secondary N) is 1. The molecular formula is C31H28F3N3O2. The highest BCUT2D eigenvalue weighted by atomic mass is 19.4. The zero-order chi connectivity index (χ0) is 27.6. The van der Waals surface area contributed by atoms with Crippen LogP contribution in [0, 0.1) is 5.92 Å². The van der Waals surface area contributed by atoms with E-state index in [4.69, 9.17) is 10.1 Å². The maximum atomic E-state index is 13.1. The van der Waals surface area contributed by atoms with Crippen LogP contribution in [0.15, 0.2) is 77.8 Å². The van der Waals surface area contributed by atoms with E-state index in [2.05, 4.69) is 23.0 Å². The number of H-pyrrole nitrogens is 1. The first-order valence-corrected chi connectivity index (χ1v) is 12.8. The van der Waals surface area contributed by atoms with Gasteiger partial charge in [0.05, 0.1) is 29.6 Å². The predicted molar refractivity (Wildman–Crippen MR) is 146 cm³/mol. The molecule has 0 bridgehead atoms. The van der Waals surface area contributed by atoms with Gasteiger partial charge in [0.2, 0.25) is 0 Å². The summed E-state index contributed by atoms with van der Waals surface area (Å²) in [6.45, 7) is 2.73. The van der Waals surface area contributed by atoms with Gasteiger partial charge in [-0.1, -0.05) is 61.5 Å². The maximum absolute atomic E-state index is 13.1. The van der Waals surface area contributed by atoms with E-state index >= 15 is 0 Å². The van der Waals surface area contributed by atoms with Crippen molar-refractivity contribution in [3.05, 3.63) is 95.1 Å². The Hall–Kier alpha value is -4.20. The van der Waals surface area contributed by atoms with Gasteiger partial charge in [0.15, 0.2) is 0 Å². The number of hydrogen-bond acceptors (Lipinski definition) is 3. The molecule has 39 heavy (non-hydrogen) atoms. The number of aromatic nitrogens is 2. The molecule has 1 atom stereocenters. The smallest absolute Gasteiger partial charge is 0.416 e. The van der Waals surface area contributed by atoms with Gasteiger partial charge < -0.3 is 10.1 Å². The summed E-state index contributed by atoms with van der Waals surface area (Å²) in [7, 11) is 0. The molecule has 1 aliphatic carbocycles. The first-order chi connectivity index (χ1) is 18.6. The number of rotatable bonds is 6. The topological polar surface area (TPSA) is 78.3 Å². The minimum atomic E-state index is -4.40. The molecule has 1 aliphatic rings. The van der Waals surface area contributed by atoms with Crippen LogP contribution in [0.1, 0.15) is 48.4 Å². The number of aliphatic imine (C=N–C) groups is 1. The lowest BCUT2D eigenvalue weighted by Crippen LogP contribution is -2.04. The SMILES string of the molecule is CC1CC(c2ccc(-c3nc4ccc(C(F)(F)F)cc4[nH]3)cc2)=CCC(=NCc2cccc(CC(=O)O)c2)C1. The van der Waals surface area contributed by atoms with Gasteiger partial charge in [-0.25, -0.2) is 4.98 Å². The third-order valence-electron chi connectivity index (χ3n) is 6.91. The van der Waals surface area contributed by atoms with Crippen LogP contribution in [0.4, 0.5) is 13.2 Å². The van der Waals surface area contributed by atoms with Gasteiger partial charge >= 0.3 is 12.1 Å². The number of fused-ring (bicyclic) bond motifs is 1. The van der Waals surface area contributed by atoms with E-state index in [1.165, 1.54) is 11.6 Å². The van der Waals surface area contributed by atoms with E-state index in [1.54, 1.807) is 0 Å². The third-order valence-corrected chi connectivity index (χ3v) is 6.91. The lowest BCUT2D eigenvalue weighted by Gasteiger charge is -2.12. The largest absolute Gasteiger partial charge is 0.481 e. The Morgan fingerprint density at radius 3 is 2.51 bits per heavy atom. The minimum Gasteiger partial charge on any atom is -0.481 e. The molecule has 0 fully saturated rings. The first kappa shape index (κ1) is 26.4. The second-order valence-corrected chi connectivity index (χ2v) is 10.1. The van der Waals surface area contributed by atoms with Crippen LogP contribution in [0.25, 0.3) is 28.0 Å². The fraction of sp³-hybridized carbons (Fsp3) is 0.258. The summed E-state index contributed by atoms with van der Waals surface area (Å²) in [5.74, 6) is 0.0912. The molecule has 0 saturated carbocycles. The number of imidazole rings is 1. The van der Waals surface area contributed by atoms with Gasteiger partial charge in [-0.05, 0) is 59.2 Å². The summed E-state index contributed by atoms with van der Waals surface area (Å²) in [5, 5.41) is 9.03. The molecule has 0 spiro atoms. The molecule has 4 aromatic rings. The van der Waals surface area contributed by atoms with Crippen LogP contribution < -0.4 is 0 Å². The number of alkyl halides is 3. The number of aromatic amines is 1. The number of nitrogens with zero attached hydrogens (tertiary/aromatic N) is 2. The van der Waals surface area contributed by atoms with Gasteiger partial charge in [0.25, 0.3) is 0 Å². The average molecular weight is 532 g/mol. The van der Waals surface area contributed by atoms with Crippen LogP contribution in [0.3, 0.4) is 0 Å². The molecule has 3 aromatic carbocycles. The van der Waals surface area contributed by atoms with Gasteiger partial charge in [-0.15, -0.1) is 0 Å². The highest BCUT2D eigenvalue weighted by Gasteiger charge is 2.30. The number of carboxylic acids is 1. The highest BCUT2D eigenvalue weighted by molar-refractivity contribution is 5.89. The van der Waals surface area contributed by atoms with Gasteiger partial charge in [0, 0.05) is 17.7 Å². The first-order valence-electron chi connectivity index (χ1n) is 12.8. The number of aliphatic carboxylic acids is 1. The molecule has 5 rings (SSSR count). The quantitative estimate of drug-likeness (QED) is 0.267. The van der Waals surface area contributed by atoms with Crippen molar-refractivity contribution in [2.75, 3.05) is 0 Å². The molecule has 2 N–H and O–H groups in total. The predicted octanol–water partition coefficient (Wildman–Crippen LogP) is 7.72. The summed E-state index contributed by atoms with van der Waals surface area (Å²) < 4.78 is 39.2. The Kier molecular flexibility index (Phi) is 7.37. The van der Waals surface area contributed by atoms with Crippen molar-refractivity contribution in [2.45, 2.75) is 45.3 Å². The van der Waals surface area contributed by atoms with Crippen molar-refractivity contribution in [1.29, 1.82) is 0 Å². The maximum Gasteiger partial charge on any atom is 0.416 e. The molecule has 0 radical (unpaired) electrons. The van der Waals surface area contributed by atoms with Gasteiger partial charge in [-0.2, -0.15) is 13.2 Å².